The molecule has 1 spiro atoms. The Balaban J connectivity index is 1.84. The average Bonchev–Trinajstić information content (AvgIpc) is 2.69. The van der Waals surface area contributed by atoms with Crippen LogP contribution >= 0.6 is 0 Å². The molecule has 6 heteroatoms. The summed E-state index contributed by atoms with van der Waals surface area (Å²) in [6.07, 6.45) is 1.83. The lowest BCUT2D eigenvalue weighted by molar-refractivity contribution is -0.137. The van der Waals surface area contributed by atoms with Crippen LogP contribution in [0.4, 0.5) is 4.79 Å². The Hall–Kier alpha value is -1.56. The third-order valence-electron chi connectivity index (χ3n) is 3.33. The third kappa shape index (κ3) is 3.97. The zero-order chi connectivity index (χ0) is 15.7. The molecule has 0 radical (unpaired) electrons. The summed E-state index contributed by atoms with van der Waals surface area (Å²) in [5, 5.41) is 0. The average molecular weight is 297 g/mol. The van der Waals surface area contributed by atoms with E-state index in [1.165, 1.54) is 6.08 Å². The molecular weight excluding hydrogens is 274 g/mol. The number of rotatable bonds is 2. The fourth-order valence-electron chi connectivity index (χ4n) is 2.51. The first kappa shape index (κ1) is 15.8. The van der Waals surface area contributed by atoms with E-state index in [4.69, 9.17) is 14.2 Å². The van der Waals surface area contributed by atoms with Crippen LogP contribution in [0.1, 0.15) is 34.1 Å². The summed E-state index contributed by atoms with van der Waals surface area (Å²) >= 11 is 0. The van der Waals surface area contributed by atoms with Crippen molar-refractivity contribution in [2.24, 2.45) is 0 Å². The standard InChI is InChI=1S/C15H23NO5/c1-5-19-12(17)6-11-7-15(20-8-11)9-16(10-15)13(18)21-14(2,3)4/h6H,5,7-10H2,1-4H3/b11-6-. The van der Waals surface area contributed by atoms with Gasteiger partial charge in [0, 0.05) is 12.5 Å². The Morgan fingerprint density at radius 3 is 2.62 bits per heavy atom. The molecule has 0 atom stereocenters. The van der Waals surface area contributed by atoms with Gasteiger partial charge in [-0.1, -0.05) is 0 Å². The van der Waals surface area contributed by atoms with Crippen LogP contribution in [0.25, 0.3) is 0 Å². The van der Waals surface area contributed by atoms with Crippen molar-refractivity contribution in [3.63, 3.8) is 0 Å². The lowest BCUT2D eigenvalue weighted by atomic mass is 9.89. The largest absolute Gasteiger partial charge is 0.463 e. The maximum absolute atomic E-state index is 11.9. The summed E-state index contributed by atoms with van der Waals surface area (Å²) < 4.78 is 15.9. The topological polar surface area (TPSA) is 65.1 Å². The molecule has 2 saturated heterocycles. The van der Waals surface area contributed by atoms with Crippen LogP contribution < -0.4 is 0 Å². The maximum Gasteiger partial charge on any atom is 0.410 e. The minimum Gasteiger partial charge on any atom is -0.463 e. The molecule has 2 fully saturated rings. The van der Waals surface area contributed by atoms with Crippen LogP contribution in [0.15, 0.2) is 11.6 Å². The van der Waals surface area contributed by atoms with Gasteiger partial charge in [-0.15, -0.1) is 0 Å². The summed E-state index contributed by atoms with van der Waals surface area (Å²) in [6, 6.07) is 0. The number of nitrogens with zero attached hydrogens (tertiary/aromatic N) is 1. The number of ether oxygens (including phenoxy) is 3. The van der Waals surface area contributed by atoms with Crippen LogP contribution in [0, 0.1) is 0 Å². The second-order valence-electron chi connectivity index (χ2n) is 6.54. The monoisotopic (exact) mass is 297 g/mol. The molecular formula is C15H23NO5. The number of carbonyl (C=O) groups is 2. The van der Waals surface area contributed by atoms with Crippen LogP contribution in [-0.4, -0.2) is 54.5 Å². The second kappa shape index (κ2) is 5.67. The molecule has 6 nitrogen and oxygen atoms in total. The van der Waals surface area contributed by atoms with Gasteiger partial charge in [-0.3, -0.25) is 0 Å². The molecule has 2 heterocycles. The normalized spacial score (nSPS) is 22.3. The molecule has 0 aromatic rings. The minimum atomic E-state index is -0.495. The number of hydrogen-bond acceptors (Lipinski definition) is 5. The zero-order valence-corrected chi connectivity index (χ0v) is 13.1. The summed E-state index contributed by atoms with van der Waals surface area (Å²) in [5.74, 6) is -0.337. The van der Waals surface area contributed by atoms with Gasteiger partial charge >= 0.3 is 12.1 Å². The van der Waals surface area contributed by atoms with Crippen molar-refractivity contribution in [2.45, 2.75) is 45.3 Å². The van der Waals surface area contributed by atoms with Gasteiger partial charge in [0.25, 0.3) is 0 Å². The van der Waals surface area contributed by atoms with Crippen LogP contribution in [0.2, 0.25) is 0 Å². The van der Waals surface area contributed by atoms with Crippen molar-refractivity contribution < 1.29 is 23.8 Å². The number of esters is 1. The highest BCUT2D eigenvalue weighted by atomic mass is 16.6. The number of likely N-dealkylation sites (tertiary alicyclic amines) is 1. The molecule has 1 amide bonds. The summed E-state index contributed by atoms with van der Waals surface area (Å²) in [7, 11) is 0. The molecule has 0 aromatic heterocycles. The van der Waals surface area contributed by atoms with E-state index >= 15 is 0 Å². The highest BCUT2D eigenvalue weighted by molar-refractivity contribution is 5.83. The SMILES string of the molecule is CCOC(=O)/C=C1\COC2(C1)CN(C(=O)OC(C)(C)C)C2. The van der Waals surface area contributed by atoms with Crippen LogP contribution in [-0.2, 0) is 19.0 Å². The smallest absolute Gasteiger partial charge is 0.410 e. The highest BCUT2D eigenvalue weighted by Crippen LogP contribution is 2.38. The Labute approximate surface area is 125 Å². The maximum atomic E-state index is 11.9. The summed E-state index contributed by atoms with van der Waals surface area (Å²) in [6.45, 7) is 9.08. The zero-order valence-electron chi connectivity index (χ0n) is 13.1. The molecule has 0 unspecified atom stereocenters. The second-order valence-corrected chi connectivity index (χ2v) is 6.54. The van der Waals surface area contributed by atoms with Gasteiger partial charge in [-0.25, -0.2) is 9.59 Å². The van der Waals surface area contributed by atoms with Crippen molar-refractivity contribution >= 4 is 12.1 Å². The Morgan fingerprint density at radius 1 is 1.38 bits per heavy atom. The van der Waals surface area contributed by atoms with E-state index in [0.717, 1.165) is 5.57 Å². The Bertz CT molecular complexity index is 457. The van der Waals surface area contributed by atoms with Crippen molar-refractivity contribution in [2.75, 3.05) is 26.3 Å². The van der Waals surface area contributed by atoms with Gasteiger partial charge in [0.2, 0.25) is 0 Å². The van der Waals surface area contributed by atoms with E-state index in [1.54, 1.807) is 11.8 Å². The van der Waals surface area contributed by atoms with Gasteiger partial charge in [0.15, 0.2) is 0 Å². The molecule has 0 N–H and O–H groups in total. The number of hydrogen-bond donors (Lipinski definition) is 0. The summed E-state index contributed by atoms with van der Waals surface area (Å²) in [5.41, 5.74) is 0.0675. The van der Waals surface area contributed by atoms with E-state index in [9.17, 15) is 9.59 Å². The first-order valence-electron chi connectivity index (χ1n) is 7.21. The van der Waals surface area contributed by atoms with Gasteiger partial charge < -0.3 is 19.1 Å². The molecule has 2 aliphatic rings. The van der Waals surface area contributed by atoms with Crippen molar-refractivity contribution in [1.29, 1.82) is 0 Å². The van der Waals surface area contributed by atoms with E-state index < -0.39 is 5.60 Å². The van der Waals surface area contributed by atoms with Crippen molar-refractivity contribution in [3.05, 3.63) is 11.6 Å². The lowest BCUT2D eigenvalue weighted by Gasteiger charge is -2.46. The molecule has 0 bridgehead atoms. The third-order valence-corrected chi connectivity index (χ3v) is 3.33. The van der Waals surface area contributed by atoms with Gasteiger partial charge in [-0.2, -0.15) is 0 Å². The summed E-state index contributed by atoms with van der Waals surface area (Å²) in [4.78, 5) is 24.9. The fraction of sp³-hybridized carbons (Fsp3) is 0.733. The minimum absolute atomic E-state index is 0.320. The van der Waals surface area contributed by atoms with E-state index in [1.807, 2.05) is 20.8 Å². The lowest BCUT2D eigenvalue weighted by Crippen LogP contribution is -2.63. The van der Waals surface area contributed by atoms with Crippen LogP contribution in [0.5, 0.6) is 0 Å². The molecule has 21 heavy (non-hydrogen) atoms. The first-order chi connectivity index (χ1) is 9.73. The van der Waals surface area contributed by atoms with Crippen molar-refractivity contribution in [1.82, 2.24) is 4.90 Å². The molecule has 2 aliphatic heterocycles. The van der Waals surface area contributed by atoms with Gasteiger partial charge in [0.05, 0.1) is 26.3 Å². The van der Waals surface area contributed by atoms with Crippen LogP contribution in [0.3, 0.4) is 0 Å². The fourth-order valence-corrected chi connectivity index (χ4v) is 2.51. The van der Waals surface area contributed by atoms with Gasteiger partial charge in [-0.05, 0) is 33.3 Å². The molecule has 0 saturated carbocycles. The van der Waals surface area contributed by atoms with E-state index in [0.29, 0.717) is 32.7 Å². The molecule has 0 aromatic carbocycles. The Kier molecular flexibility index (Phi) is 4.27. The predicted octanol–water partition coefficient (Wildman–Crippen LogP) is 1.89. The van der Waals surface area contributed by atoms with Gasteiger partial charge in [0.1, 0.15) is 11.2 Å². The molecule has 0 aliphatic carbocycles. The highest BCUT2D eigenvalue weighted by Gasteiger charge is 2.50. The quantitative estimate of drug-likeness (QED) is 0.575. The first-order valence-corrected chi connectivity index (χ1v) is 7.21. The van der Waals surface area contributed by atoms with E-state index in [2.05, 4.69) is 0 Å². The van der Waals surface area contributed by atoms with Crippen molar-refractivity contribution in [3.8, 4) is 0 Å². The Morgan fingerprint density at radius 2 is 2.05 bits per heavy atom. The predicted molar refractivity (Wildman–Crippen MR) is 75.8 cm³/mol. The molecule has 2 rings (SSSR count). The number of amides is 1. The van der Waals surface area contributed by atoms with E-state index in [-0.39, 0.29) is 17.7 Å². The molecule has 118 valence electrons. The number of carbonyl (C=O) groups excluding carboxylic acids is 2.